The van der Waals surface area contributed by atoms with Crippen molar-refractivity contribution >= 4 is 22.4 Å². The summed E-state index contributed by atoms with van der Waals surface area (Å²) in [6, 6.07) is 11.9. The summed E-state index contributed by atoms with van der Waals surface area (Å²) in [6.45, 7) is 4.36. The molecule has 1 unspecified atom stereocenters. The molecule has 2 aromatic heterocycles. The topological polar surface area (TPSA) is 97.6 Å². The van der Waals surface area contributed by atoms with Crippen molar-refractivity contribution in [3.05, 3.63) is 55.0 Å². The highest BCUT2D eigenvalue weighted by molar-refractivity contribution is 5.82. The largest absolute Gasteiger partial charge is 0.497 e. The fraction of sp³-hybridized carbons (Fsp3) is 0.393. The zero-order chi connectivity index (χ0) is 26.0. The Bertz CT molecular complexity index is 1360. The van der Waals surface area contributed by atoms with Crippen molar-refractivity contribution in [3.8, 4) is 22.8 Å². The molecule has 37 heavy (non-hydrogen) atoms. The van der Waals surface area contributed by atoms with E-state index in [0.717, 1.165) is 59.6 Å². The minimum Gasteiger partial charge on any atom is -0.497 e. The minimum absolute atomic E-state index is 0.00954. The molecular weight excluding hydrogens is 468 g/mol. The van der Waals surface area contributed by atoms with Crippen LogP contribution in [0.4, 0.5) is 11.4 Å². The molecule has 194 valence electrons. The van der Waals surface area contributed by atoms with Crippen LogP contribution >= 0.6 is 0 Å². The van der Waals surface area contributed by atoms with E-state index < -0.39 is 5.60 Å². The van der Waals surface area contributed by atoms with Crippen LogP contribution in [0.5, 0.6) is 11.5 Å². The number of ether oxygens (including phenoxy) is 2. The number of nitrogens with one attached hydrogen (secondary N) is 1. The van der Waals surface area contributed by atoms with Crippen LogP contribution in [0.2, 0.25) is 0 Å². The molecule has 0 amide bonds. The van der Waals surface area contributed by atoms with Crippen molar-refractivity contribution in [1.29, 1.82) is 0 Å². The van der Waals surface area contributed by atoms with Crippen molar-refractivity contribution in [2.75, 3.05) is 38.8 Å². The molecule has 1 aliphatic heterocycles. The van der Waals surface area contributed by atoms with Crippen LogP contribution in [0, 0.1) is 5.92 Å². The van der Waals surface area contributed by atoms with Crippen LogP contribution in [0.1, 0.15) is 19.8 Å². The highest BCUT2D eigenvalue weighted by Gasteiger charge is 2.36. The van der Waals surface area contributed by atoms with Crippen LogP contribution in [0.15, 0.2) is 55.0 Å². The normalized spacial score (nSPS) is 15.9. The number of anilines is 2. The summed E-state index contributed by atoms with van der Waals surface area (Å²) in [5.41, 5.74) is 4.40. The molecule has 3 heterocycles. The molecule has 9 nitrogen and oxygen atoms in total. The maximum Gasteiger partial charge on any atom is 0.124 e. The van der Waals surface area contributed by atoms with E-state index in [2.05, 4.69) is 27.2 Å². The standard InChI is InChI=1S/C28H34N6O3/c1-19(28(35)7-9-29-10-8-28)17-34(22-11-23(36-3)14-24(12-22)37-4)21-5-6-25-26(13-21)32-27(16-30-25)20-15-31-33(2)18-20/h5-6,11-16,18-19,29,35H,7-10,17H2,1-4H3. The Balaban J connectivity index is 1.58. The Labute approximate surface area is 217 Å². The molecule has 2 aromatic carbocycles. The van der Waals surface area contributed by atoms with Gasteiger partial charge in [0, 0.05) is 60.8 Å². The van der Waals surface area contributed by atoms with Gasteiger partial charge in [-0.25, -0.2) is 4.98 Å². The van der Waals surface area contributed by atoms with E-state index in [1.54, 1.807) is 31.3 Å². The van der Waals surface area contributed by atoms with E-state index in [1.807, 2.05) is 49.6 Å². The first kappa shape index (κ1) is 25.0. The van der Waals surface area contributed by atoms with Gasteiger partial charge in [0.1, 0.15) is 11.5 Å². The number of benzene rings is 2. The second-order valence-electron chi connectivity index (χ2n) is 9.77. The molecule has 1 fully saturated rings. The summed E-state index contributed by atoms with van der Waals surface area (Å²) in [7, 11) is 5.18. The Hall–Kier alpha value is -3.69. The van der Waals surface area contributed by atoms with E-state index in [9.17, 15) is 5.11 Å². The Morgan fingerprint density at radius 1 is 1.03 bits per heavy atom. The van der Waals surface area contributed by atoms with Crippen LogP contribution < -0.4 is 19.7 Å². The lowest BCUT2D eigenvalue weighted by Crippen LogP contribution is -2.49. The van der Waals surface area contributed by atoms with E-state index in [0.29, 0.717) is 18.0 Å². The summed E-state index contributed by atoms with van der Waals surface area (Å²) in [5, 5.41) is 19.1. The predicted molar refractivity (Wildman–Crippen MR) is 145 cm³/mol. The van der Waals surface area contributed by atoms with Gasteiger partial charge in [-0.1, -0.05) is 6.92 Å². The van der Waals surface area contributed by atoms with Gasteiger partial charge in [-0.15, -0.1) is 0 Å². The van der Waals surface area contributed by atoms with Gasteiger partial charge in [0.05, 0.1) is 48.9 Å². The zero-order valence-electron chi connectivity index (χ0n) is 21.8. The number of aryl methyl sites for hydroxylation is 1. The third kappa shape index (κ3) is 5.23. The molecule has 5 rings (SSSR count). The highest BCUT2D eigenvalue weighted by atomic mass is 16.5. The molecule has 0 bridgehead atoms. The minimum atomic E-state index is -0.739. The lowest BCUT2D eigenvalue weighted by atomic mass is 9.80. The average Bonchev–Trinajstić information content (AvgIpc) is 3.37. The third-order valence-corrected chi connectivity index (χ3v) is 7.33. The van der Waals surface area contributed by atoms with Gasteiger partial charge in [0.25, 0.3) is 0 Å². The van der Waals surface area contributed by atoms with Crippen molar-refractivity contribution in [2.45, 2.75) is 25.4 Å². The predicted octanol–water partition coefficient (Wildman–Crippen LogP) is 3.94. The molecule has 1 atom stereocenters. The van der Waals surface area contributed by atoms with Gasteiger partial charge in [-0.2, -0.15) is 5.10 Å². The lowest BCUT2D eigenvalue weighted by molar-refractivity contribution is -0.0341. The summed E-state index contributed by atoms with van der Waals surface area (Å²) in [5.74, 6) is 1.41. The maximum absolute atomic E-state index is 11.5. The number of rotatable bonds is 8. The fourth-order valence-corrected chi connectivity index (χ4v) is 4.96. The number of methoxy groups -OCH3 is 2. The number of piperidine rings is 1. The van der Waals surface area contributed by atoms with Crippen molar-refractivity contribution in [2.24, 2.45) is 13.0 Å². The number of nitrogens with zero attached hydrogens (tertiary/aromatic N) is 5. The number of aromatic nitrogens is 4. The Morgan fingerprint density at radius 2 is 1.76 bits per heavy atom. The average molecular weight is 503 g/mol. The quantitative estimate of drug-likeness (QED) is 0.374. The van der Waals surface area contributed by atoms with Crippen LogP contribution in [0.25, 0.3) is 22.3 Å². The molecule has 2 N–H and O–H groups in total. The van der Waals surface area contributed by atoms with Gasteiger partial charge < -0.3 is 24.8 Å². The molecule has 0 aliphatic carbocycles. The van der Waals surface area contributed by atoms with E-state index in [4.69, 9.17) is 14.5 Å². The van der Waals surface area contributed by atoms with Crippen molar-refractivity contribution < 1.29 is 14.6 Å². The molecule has 1 aliphatic rings. The van der Waals surface area contributed by atoms with Crippen LogP contribution in [-0.4, -0.2) is 64.3 Å². The van der Waals surface area contributed by atoms with E-state index in [1.165, 1.54) is 0 Å². The second kappa shape index (κ2) is 10.4. The van der Waals surface area contributed by atoms with Gasteiger partial charge in [-0.05, 0) is 44.1 Å². The summed E-state index contributed by atoms with van der Waals surface area (Å²) >= 11 is 0. The molecule has 1 saturated heterocycles. The Kier molecular flexibility index (Phi) is 6.99. The maximum atomic E-state index is 11.5. The zero-order valence-corrected chi connectivity index (χ0v) is 21.8. The number of fused-ring (bicyclic) bond motifs is 1. The van der Waals surface area contributed by atoms with Gasteiger partial charge in [0.2, 0.25) is 0 Å². The molecule has 0 spiro atoms. The second-order valence-corrected chi connectivity index (χ2v) is 9.77. The molecule has 9 heteroatoms. The van der Waals surface area contributed by atoms with Crippen LogP contribution in [0.3, 0.4) is 0 Å². The number of hydrogen-bond donors (Lipinski definition) is 2. The monoisotopic (exact) mass is 502 g/mol. The summed E-state index contributed by atoms with van der Waals surface area (Å²) in [4.78, 5) is 11.7. The van der Waals surface area contributed by atoms with Crippen LogP contribution in [-0.2, 0) is 7.05 Å². The molecular formula is C28H34N6O3. The number of aliphatic hydroxyl groups is 1. The molecule has 0 saturated carbocycles. The first-order valence-electron chi connectivity index (χ1n) is 12.6. The lowest BCUT2D eigenvalue weighted by Gasteiger charge is -2.40. The first-order chi connectivity index (χ1) is 17.9. The van der Waals surface area contributed by atoms with Gasteiger partial charge >= 0.3 is 0 Å². The van der Waals surface area contributed by atoms with Gasteiger partial charge in [0.15, 0.2) is 0 Å². The van der Waals surface area contributed by atoms with E-state index in [-0.39, 0.29) is 5.92 Å². The van der Waals surface area contributed by atoms with Gasteiger partial charge in [-0.3, -0.25) is 9.67 Å². The Morgan fingerprint density at radius 3 is 2.41 bits per heavy atom. The smallest absolute Gasteiger partial charge is 0.124 e. The van der Waals surface area contributed by atoms with Crippen molar-refractivity contribution in [1.82, 2.24) is 25.1 Å². The molecule has 0 radical (unpaired) electrons. The SMILES string of the molecule is COc1cc(OC)cc(N(CC(C)C2(O)CCNCC2)c2ccc3ncc(-c4cnn(C)c4)nc3c2)c1. The summed E-state index contributed by atoms with van der Waals surface area (Å²) in [6.07, 6.45) is 6.94. The first-order valence-corrected chi connectivity index (χ1v) is 12.6. The third-order valence-electron chi connectivity index (χ3n) is 7.33. The van der Waals surface area contributed by atoms with Crippen molar-refractivity contribution in [3.63, 3.8) is 0 Å². The summed E-state index contributed by atoms with van der Waals surface area (Å²) < 4.78 is 12.9. The molecule has 4 aromatic rings. The highest BCUT2D eigenvalue weighted by Crippen LogP contribution is 2.37. The number of hydrogen-bond acceptors (Lipinski definition) is 8. The fourth-order valence-electron chi connectivity index (χ4n) is 4.96. The van der Waals surface area contributed by atoms with E-state index >= 15 is 0 Å².